The Bertz CT molecular complexity index is 940. The number of carbonyl (C=O) groups is 1. The van der Waals surface area contributed by atoms with Gasteiger partial charge in [-0.1, -0.05) is 12.1 Å². The third-order valence-corrected chi connectivity index (χ3v) is 5.27. The second kappa shape index (κ2) is 7.75. The molecule has 0 spiro atoms. The number of nitrogens with zero attached hydrogens (tertiary/aromatic N) is 2. The fourth-order valence-corrected chi connectivity index (χ4v) is 3.68. The molecule has 7 heteroatoms. The summed E-state index contributed by atoms with van der Waals surface area (Å²) in [5.74, 6) is 1.24. The van der Waals surface area contributed by atoms with Crippen LogP contribution in [0.15, 0.2) is 41.5 Å². The van der Waals surface area contributed by atoms with Crippen molar-refractivity contribution in [3.05, 3.63) is 53.1 Å². The normalized spacial score (nSPS) is 19.8. The standard InChI is InChI=1S/C22H25N3O4/c1-22(18-11-20-19(27-14-28-20)10-16(18)8-9-29-22)12-21(26)24-23-13-15-4-6-17(7-5-15)25(2)3/h4-7,10-11,13H,8-9,12,14H2,1-3H3,(H,24,26)/b23-13+. The van der Waals surface area contributed by atoms with E-state index in [1.54, 1.807) is 6.21 Å². The van der Waals surface area contributed by atoms with E-state index in [0.29, 0.717) is 12.4 Å². The Balaban J connectivity index is 1.42. The predicted octanol–water partition coefficient (Wildman–Crippen LogP) is 2.81. The first kappa shape index (κ1) is 19.3. The molecule has 2 aliphatic rings. The molecular formula is C22H25N3O4. The van der Waals surface area contributed by atoms with Crippen molar-refractivity contribution in [2.24, 2.45) is 5.10 Å². The molecule has 1 unspecified atom stereocenters. The van der Waals surface area contributed by atoms with Crippen LogP contribution in [0.4, 0.5) is 5.69 Å². The molecule has 0 aliphatic carbocycles. The van der Waals surface area contributed by atoms with E-state index in [0.717, 1.165) is 34.5 Å². The van der Waals surface area contributed by atoms with E-state index in [9.17, 15) is 4.79 Å². The smallest absolute Gasteiger partial charge is 0.243 e. The monoisotopic (exact) mass is 395 g/mol. The Morgan fingerprint density at radius 3 is 2.66 bits per heavy atom. The van der Waals surface area contributed by atoms with Crippen LogP contribution < -0.4 is 19.8 Å². The minimum absolute atomic E-state index is 0.163. The molecule has 1 atom stereocenters. The highest BCUT2D eigenvalue weighted by atomic mass is 16.7. The lowest BCUT2D eigenvalue weighted by Crippen LogP contribution is -2.37. The first-order chi connectivity index (χ1) is 13.9. The maximum atomic E-state index is 12.5. The number of benzene rings is 2. The molecule has 152 valence electrons. The van der Waals surface area contributed by atoms with E-state index in [1.807, 2.05) is 62.3 Å². The van der Waals surface area contributed by atoms with Crippen molar-refractivity contribution in [3.8, 4) is 11.5 Å². The van der Waals surface area contributed by atoms with Crippen molar-refractivity contribution < 1.29 is 19.0 Å². The molecule has 29 heavy (non-hydrogen) atoms. The number of hydrogen-bond donors (Lipinski definition) is 1. The number of hydrogen-bond acceptors (Lipinski definition) is 6. The van der Waals surface area contributed by atoms with E-state index < -0.39 is 5.60 Å². The van der Waals surface area contributed by atoms with Gasteiger partial charge in [-0.05, 0) is 54.3 Å². The van der Waals surface area contributed by atoms with Gasteiger partial charge in [0.1, 0.15) is 0 Å². The molecule has 0 bridgehead atoms. The highest BCUT2D eigenvalue weighted by Gasteiger charge is 2.37. The second-order valence-electron chi connectivity index (χ2n) is 7.65. The summed E-state index contributed by atoms with van der Waals surface area (Å²) in [4.78, 5) is 14.6. The summed E-state index contributed by atoms with van der Waals surface area (Å²) in [6.45, 7) is 2.70. The summed E-state index contributed by atoms with van der Waals surface area (Å²) in [5, 5.41) is 4.09. The topological polar surface area (TPSA) is 72.4 Å². The van der Waals surface area contributed by atoms with Crippen LogP contribution in [-0.2, 0) is 21.6 Å². The van der Waals surface area contributed by atoms with E-state index >= 15 is 0 Å². The Hall–Kier alpha value is -3.06. The maximum Gasteiger partial charge on any atom is 0.243 e. The van der Waals surface area contributed by atoms with Crippen molar-refractivity contribution in [1.29, 1.82) is 0 Å². The van der Waals surface area contributed by atoms with Gasteiger partial charge < -0.3 is 19.1 Å². The van der Waals surface area contributed by atoms with Crippen LogP contribution in [0.1, 0.15) is 30.0 Å². The fraction of sp³-hybridized carbons (Fsp3) is 0.364. The Labute approximate surface area is 170 Å². The van der Waals surface area contributed by atoms with E-state index in [-0.39, 0.29) is 19.1 Å². The number of ether oxygens (including phenoxy) is 3. The molecule has 4 rings (SSSR count). The van der Waals surface area contributed by atoms with Crippen LogP contribution >= 0.6 is 0 Å². The van der Waals surface area contributed by atoms with Gasteiger partial charge in [-0.2, -0.15) is 5.10 Å². The van der Waals surface area contributed by atoms with Gasteiger partial charge in [0.2, 0.25) is 12.7 Å². The van der Waals surface area contributed by atoms with Crippen LogP contribution in [0.2, 0.25) is 0 Å². The molecule has 0 saturated heterocycles. The van der Waals surface area contributed by atoms with Gasteiger partial charge in [-0.15, -0.1) is 0 Å². The summed E-state index contributed by atoms with van der Waals surface area (Å²) >= 11 is 0. The van der Waals surface area contributed by atoms with Crippen LogP contribution in [-0.4, -0.2) is 39.6 Å². The summed E-state index contributed by atoms with van der Waals surface area (Å²) in [6, 6.07) is 11.8. The lowest BCUT2D eigenvalue weighted by molar-refractivity contribution is -0.130. The first-order valence-corrected chi connectivity index (χ1v) is 9.61. The number of carbonyl (C=O) groups excluding carboxylic acids is 1. The van der Waals surface area contributed by atoms with Crippen LogP contribution in [0.3, 0.4) is 0 Å². The fourth-order valence-electron chi connectivity index (χ4n) is 3.68. The molecule has 7 nitrogen and oxygen atoms in total. The molecule has 2 aliphatic heterocycles. The molecular weight excluding hydrogens is 370 g/mol. The van der Waals surface area contributed by atoms with Crippen LogP contribution in [0.5, 0.6) is 11.5 Å². The van der Waals surface area contributed by atoms with E-state index in [2.05, 4.69) is 10.5 Å². The van der Waals surface area contributed by atoms with Gasteiger partial charge >= 0.3 is 0 Å². The number of anilines is 1. The van der Waals surface area contributed by atoms with Crippen molar-refractivity contribution in [2.75, 3.05) is 32.4 Å². The quantitative estimate of drug-likeness (QED) is 0.623. The molecule has 2 aromatic carbocycles. The summed E-state index contributed by atoms with van der Waals surface area (Å²) in [5.41, 5.74) is 5.98. The van der Waals surface area contributed by atoms with Gasteiger partial charge in [0.05, 0.1) is 24.8 Å². The highest BCUT2D eigenvalue weighted by molar-refractivity contribution is 5.83. The highest BCUT2D eigenvalue weighted by Crippen LogP contribution is 2.43. The summed E-state index contributed by atoms with van der Waals surface area (Å²) in [7, 11) is 3.98. The molecule has 0 fully saturated rings. The average Bonchev–Trinajstić information content (AvgIpc) is 3.15. The number of nitrogens with one attached hydrogen (secondary N) is 1. The minimum atomic E-state index is -0.735. The Morgan fingerprint density at radius 2 is 1.93 bits per heavy atom. The molecule has 2 aromatic rings. The number of amides is 1. The van der Waals surface area contributed by atoms with E-state index in [4.69, 9.17) is 14.2 Å². The van der Waals surface area contributed by atoms with Gasteiger partial charge in [0, 0.05) is 19.8 Å². The Kier molecular flexibility index (Phi) is 5.15. The van der Waals surface area contributed by atoms with Crippen molar-refractivity contribution in [1.82, 2.24) is 5.43 Å². The molecule has 1 N–H and O–H groups in total. The lowest BCUT2D eigenvalue weighted by Gasteiger charge is -2.35. The third kappa shape index (κ3) is 4.05. The van der Waals surface area contributed by atoms with Gasteiger partial charge in [0.15, 0.2) is 11.5 Å². The van der Waals surface area contributed by atoms with Crippen molar-refractivity contribution in [3.63, 3.8) is 0 Å². The maximum absolute atomic E-state index is 12.5. The first-order valence-electron chi connectivity index (χ1n) is 9.61. The molecule has 0 saturated carbocycles. The molecule has 1 amide bonds. The van der Waals surface area contributed by atoms with Gasteiger partial charge in [0.25, 0.3) is 0 Å². The predicted molar refractivity (Wildman–Crippen MR) is 111 cm³/mol. The number of hydrazone groups is 1. The zero-order valence-corrected chi connectivity index (χ0v) is 16.9. The largest absolute Gasteiger partial charge is 0.454 e. The number of rotatable bonds is 5. The van der Waals surface area contributed by atoms with Crippen LogP contribution in [0.25, 0.3) is 0 Å². The SMILES string of the molecule is CN(C)c1ccc(/C=N/NC(=O)CC2(C)OCCc3cc4c(cc32)OCO4)cc1. The second-order valence-corrected chi connectivity index (χ2v) is 7.65. The zero-order chi connectivity index (χ0) is 20.4. The van der Waals surface area contributed by atoms with Gasteiger partial charge in [-0.25, -0.2) is 5.43 Å². The molecule has 0 radical (unpaired) electrons. The van der Waals surface area contributed by atoms with Crippen molar-refractivity contribution >= 4 is 17.8 Å². The van der Waals surface area contributed by atoms with Gasteiger partial charge in [-0.3, -0.25) is 4.79 Å². The average molecular weight is 395 g/mol. The number of fused-ring (bicyclic) bond motifs is 2. The molecule has 0 aromatic heterocycles. The molecule has 2 heterocycles. The van der Waals surface area contributed by atoms with Crippen molar-refractivity contribution in [2.45, 2.75) is 25.4 Å². The summed E-state index contributed by atoms with van der Waals surface area (Å²) in [6.07, 6.45) is 2.58. The third-order valence-electron chi connectivity index (χ3n) is 5.27. The zero-order valence-electron chi connectivity index (χ0n) is 16.9. The minimum Gasteiger partial charge on any atom is -0.454 e. The Morgan fingerprint density at radius 1 is 1.21 bits per heavy atom. The van der Waals surface area contributed by atoms with E-state index in [1.165, 1.54) is 0 Å². The summed E-state index contributed by atoms with van der Waals surface area (Å²) < 4.78 is 17.0. The lowest BCUT2D eigenvalue weighted by atomic mass is 9.84. The van der Waals surface area contributed by atoms with Crippen LogP contribution in [0, 0.1) is 0 Å².